The summed E-state index contributed by atoms with van der Waals surface area (Å²) >= 11 is 6.09. The zero-order chi connectivity index (χ0) is 15.5. The topological polar surface area (TPSA) is 49.4 Å². The van der Waals surface area contributed by atoms with Gasteiger partial charge in [-0.2, -0.15) is 0 Å². The molecule has 0 bridgehead atoms. The summed E-state index contributed by atoms with van der Waals surface area (Å²) in [6.07, 6.45) is 4.89. The lowest BCUT2D eigenvalue weighted by Crippen LogP contribution is -2.36. The second kappa shape index (κ2) is 6.69. The normalized spacial score (nSPS) is 22.3. The molecular formula is C17H21ClN2O2. The first-order valence-corrected chi connectivity index (χ1v) is 8.33. The van der Waals surface area contributed by atoms with Gasteiger partial charge in [-0.25, -0.2) is 0 Å². The lowest BCUT2D eigenvalue weighted by molar-refractivity contribution is -0.130. The van der Waals surface area contributed by atoms with Crippen molar-refractivity contribution in [3.63, 3.8) is 0 Å². The number of nitrogens with zero attached hydrogens (tertiary/aromatic N) is 1. The van der Waals surface area contributed by atoms with Gasteiger partial charge in [0.2, 0.25) is 11.8 Å². The van der Waals surface area contributed by atoms with E-state index in [4.69, 9.17) is 11.6 Å². The van der Waals surface area contributed by atoms with Crippen LogP contribution >= 0.6 is 11.6 Å². The molecule has 2 fully saturated rings. The summed E-state index contributed by atoms with van der Waals surface area (Å²) in [5.41, 5.74) is 0.898. The highest BCUT2D eigenvalue weighted by molar-refractivity contribution is 6.31. The minimum absolute atomic E-state index is 0.0474. The molecule has 1 aromatic carbocycles. The summed E-state index contributed by atoms with van der Waals surface area (Å²) in [7, 11) is 0. The molecule has 1 saturated carbocycles. The Bertz CT molecular complexity index is 570. The van der Waals surface area contributed by atoms with Crippen molar-refractivity contribution in [3.05, 3.63) is 34.9 Å². The molecule has 2 amide bonds. The first kappa shape index (κ1) is 15.3. The van der Waals surface area contributed by atoms with Crippen molar-refractivity contribution in [3.8, 4) is 0 Å². The van der Waals surface area contributed by atoms with Gasteiger partial charge in [-0.1, -0.05) is 42.6 Å². The predicted molar refractivity (Wildman–Crippen MR) is 85.4 cm³/mol. The van der Waals surface area contributed by atoms with Crippen LogP contribution in [-0.4, -0.2) is 29.3 Å². The van der Waals surface area contributed by atoms with Gasteiger partial charge in [-0.05, 0) is 24.5 Å². The average molecular weight is 321 g/mol. The quantitative estimate of drug-likeness (QED) is 0.927. The van der Waals surface area contributed by atoms with Crippen LogP contribution in [0.1, 0.15) is 37.7 Å². The molecule has 5 heteroatoms. The Kier molecular flexibility index (Phi) is 4.67. The fourth-order valence-electron chi connectivity index (χ4n) is 3.44. The molecule has 1 heterocycles. The third kappa shape index (κ3) is 3.27. The third-order valence-corrected chi connectivity index (χ3v) is 5.07. The van der Waals surface area contributed by atoms with E-state index in [1.807, 2.05) is 29.2 Å². The molecule has 1 N–H and O–H groups in total. The highest BCUT2D eigenvalue weighted by atomic mass is 35.5. The lowest BCUT2D eigenvalue weighted by Gasteiger charge is -2.23. The van der Waals surface area contributed by atoms with Crippen LogP contribution in [0.3, 0.4) is 0 Å². The molecule has 1 aliphatic carbocycles. The highest BCUT2D eigenvalue weighted by Crippen LogP contribution is 2.29. The monoisotopic (exact) mass is 320 g/mol. The van der Waals surface area contributed by atoms with Crippen LogP contribution in [0.4, 0.5) is 0 Å². The number of halogens is 1. The van der Waals surface area contributed by atoms with Crippen molar-refractivity contribution in [1.29, 1.82) is 0 Å². The van der Waals surface area contributed by atoms with Crippen LogP contribution in [-0.2, 0) is 16.1 Å². The summed E-state index contributed by atoms with van der Waals surface area (Å²) in [6.45, 7) is 0.977. The van der Waals surface area contributed by atoms with Gasteiger partial charge in [0.15, 0.2) is 0 Å². The Morgan fingerprint density at radius 2 is 2.00 bits per heavy atom. The molecular weight excluding hydrogens is 300 g/mol. The standard InChI is InChI=1S/C17H21ClN2O2/c18-15-8-4-1-5-12(15)10-19-17(22)13-9-16(21)20(11-13)14-6-2-3-7-14/h1,4-5,8,13-14H,2-3,6-7,9-11H2,(H,19,22). The van der Waals surface area contributed by atoms with Gasteiger partial charge in [0.25, 0.3) is 0 Å². The van der Waals surface area contributed by atoms with Crippen LogP contribution in [0.5, 0.6) is 0 Å². The number of nitrogens with one attached hydrogen (secondary N) is 1. The van der Waals surface area contributed by atoms with Crippen LogP contribution in [0.25, 0.3) is 0 Å². The molecule has 1 aromatic rings. The number of carbonyl (C=O) groups is 2. The van der Waals surface area contributed by atoms with Crippen molar-refractivity contribution in [1.82, 2.24) is 10.2 Å². The number of benzene rings is 1. The van der Waals surface area contributed by atoms with Crippen molar-refractivity contribution in [2.75, 3.05) is 6.54 Å². The second-order valence-electron chi connectivity index (χ2n) is 6.19. The van der Waals surface area contributed by atoms with E-state index in [1.165, 1.54) is 12.8 Å². The minimum Gasteiger partial charge on any atom is -0.352 e. The van der Waals surface area contributed by atoms with E-state index < -0.39 is 0 Å². The molecule has 1 unspecified atom stereocenters. The molecule has 1 aliphatic heterocycles. The van der Waals surface area contributed by atoms with Crippen LogP contribution < -0.4 is 5.32 Å². The van der Waals surface area contributed by atoms with Crippen molar-refractivity contribution in [2.45, 2.75) is 44.7 Å². The van der Waals surface area contributed by atoms with Gasteiger partial charge in [0.05, 0.1) is 5.92 Å². The number of carbonyl (C=O) groups excluding carboxylic acids is 2. The van der Waals surface area contributed by atoms with E-state index in [-0.39, 0.29) is 17.7 Å². The van der Waals surface area contributed by atoms with Gasteiger partial charge >= 0.3 is 0 Å². The van der Waals surface area contributed by atoms with Crippen LogP contribution in [0.15, 0.2) is 24.3 Å². The fraction of sp³-hybridized carbons (Fsp3) is 0.529. The molecule has 118 valence electrons. The maximum atomic E-state index is 12.3. The zero-order valence-electron chi connectivity index (χ0n) is 12.6. The average Bonchev–Trinajstić information content (AvgIpc) is 3.15. The van der Waals surface area contributed by atoms with Crippen molar-refractivity contribution < 1.29 is 9.59 Å². The number of hydrogen-bond donors (Lipinski definition) is 1. The number of rotatable bonds is 4. The summed E-state index contributed by atoms with van der Waals surface area (Å²) in [5.74, 6) is -0.144. The van der Waals surface area contributed by atoms with Crippen LogP contribution in [0.2, 0.25) is 5.02 Å². The Morgan fingerprint density at radius 3 is 2.73 bits per heavy atom. The van der Waals surface area contributed by atoms with E-state index in [2.05, 4.69) is 5.32 Å². The second-order valence-corrected chi connectivity index (χ2v) is 6.60. The summed E-state index contributed by atoms with van der Waals surface area (Å²) in [6, 6.07) is 7.82. The molecule has 4 nitrogen and oxygen atoms in total. The fourth-order valence-corrected chi connectivity index (χ4v) is 3.65. The lowest BCUT2D eigenvalue weighted by atomic mass is 10.1. The van der Waals surface area contributed by atoms with Crippen molar-refractivity contribution in [2.24, 2.45) is 5.92 Å². The number of likely N-dealkylation sites (tertiary alicyclic amines) is 1. The Balaban J connectivity index is 1.55. The molecule has 2 aliphatic rings. The largest absolute Gasteiger partial charge is 0.352 e. The van der Waals surface area contributed by atoms with Crippen LogP contribution in [0, 0.1) is 5.92 Å². The molecule has 1 saturated heterocycles. The Morgan fingerprint density at radius 1 is 1.27 bits per heavy atom. The van der Waals surface area contributed by atoms with E-state index >= 15 is 0 Å². The minimum atomic E-state index is -0.226. The number of hydrogen-bond acceptors (Lipinski definition) is 2. The van der Waals surface area contributed by atoms with Crippen molar-refractivity contribution >= 4 is 23.4 Å². The molecule has 1 atom stereocenters. The Hall–Kier alpha value is -1.55. The van der Waals surface area contributed by atoms with E-state index in [9.17, 15) is 9.59 Å². The third-order valence-electron chi connectivity index (χ3n) is 4.71. The van der Waals surface area contributed by atoms with E-state index in [0.717, 1.165) is 18.4 Å². The summed E-state index contributed by atoms with van der Waals surface area (Å²) < 4.78 is 0. The maximum Gasteiger partial charge on any atom is 0.225 e. The number of amides is 2. The van der Waals surface area contributed by atoms with Gasteiger partial charge in [-0.15, -0.1) is 0 Å². The van der Waals surface area contributed by atoms with Gasteiger partial charge in [0.1, 0.15) is 0 Å². The maximum absolute atomic E-state index is 12.3. The SMILES string of the molecule is O=C(NCc1ccccc1Cl)C1CC(=O)N(C2CCCC2)C1. The molecule has 3 rings (SSSR count). The molecule has 0 radical (unpaired) electrons. The molecule has 0 aromatic heterocycles. The van der Waals surface area contributed by atoms with Gasteiger partial charge < -0.3 is 10.2 Å². The highest BCUT2D eigenvalue weighted by Gasteiger charge is 2.38. The molecule has 0 spiro atoms. The van der Waals surface area contributed by atoms with E-state index in [0.29, 0.717) is 30.6 Å². The van der Waals surface area contributed by atoms with E-state index in [1.54, 1.807) is 0 Å². The smallest absolute Gasteiger partial charge is 0.225 e. The zero-order valence-corrected chi connectivity index (χ0v) is 13.3. The predicted octanol–water partition coefficient (Wildman–Crippen LogP) is 2.75. The molecule has 22 heavy (non-hydrogen) atoms. The first-order chi connectivity index (χ1) is 10.6. The van der Waals surface area contributed by atoms with Gasteiger partial charge in [-0.3, -0.25) is 9.59 Å². The summed E-state index contributed by atoms with van der Waals surface area (Å²) in [4.78, 5) is 26.4. The van der Waals surface area contributed by atoms with Gasteiger partial charge in [0, 0.05) is 30.6 Å². The first-order valence-electron chi connectivity index (χ1n) is 7.95. The Labute approximate surface area is 135 Å². The summed E-state index contributed by atoms with van der Waals surface area (Å²) in [5, 5.41) is 3.56.